The average Bonchev–Trinajstić information content (AvgIpc) is 2.47. The van der Waals surface area contributed by atoms with Crippen LogP contribution in [0.3, 0.4) is 0 Å². The molecule has 13 heavy (non-hydrogen) atoms. The first-order chi connectivity index (χ1) is 6.22. The Hall–Kier alpha value is -1.53. The number of halogens is 1. The topological polar surface area (TPSA) is 41.6 Å². The zero-order valence-electron chi connectivity index (χ0n) is 6.95. The molecular weight excluding hydrogens is 186 g/mol. The van der Waals surface area contributed by atoms with Crippen LogP contribution in [0, 0.1) is 11.3 Å². The van der Waals surface area contributed by atoms with Crippen LogP contribution in [0.2, 0.25) is 5.15 Å². The Morgan fingerprint density at radius 1 is 1.62 bits per heavy atom. The van der Waals surface area contributed by atoms with Crippen molar-refractivity contribution in [1.82, 2.24) is 9.55 Å². The zero-order chi connectivity index (χ0) is 9.42. The molecule has 0 aliphatic rings. The van der Waals surface area contributed by atoms with Crippen LogP contribution in [0.5, 0.6) is 0 Å². The van der Waals surface area contributed by atoms with Gasteiger partial charge in [-0.2, -0.15) is 5.26 Å². The molecular formula is C9H6ClN3. The summed E-state index contributed by atoms with van der Waals surface area (Å²) >= 11 is 5.76. The van der Waals surface area contributed by atoms with Gasteiger partial charge in [-0.05, 0) is 12.1 Å². The Labute approximate surface area is 80.2 Å². The second-order valence-corrected chi connectivity index (χ2v) is 3.15. The first kappa shape index (κ1) is 8.09. The van der Waals surface area contributed by atoms with Crippen LogP contribution in [0.25, 0.3) is 10.9 Å². The molecule has 2 heterocycles. The highest BCUT2D eigenvalue weighted by atomic mass is 35.5. The minimum Gasteiger partial charge on any atom is -0.350 e. The van der Waals surface area contributed by atoms with Crippen molar-refractivity contribution in [2.75, 3.05) is 0 Å². The lowest BCUT2D eigenvalue weighted by Crippen LogP contribution is -1.88. The summed E-state index contributed by atoms with van der Waals surface area (Å²) in [5.41, 5.74) is 1.31. The van der Waals surface area contributed by atoms with Crippen molar-refractivity contribution in [1.29, 1.82) is 5.26 Å². The van der Waals surface area contributed by atoms with E-state index in [1.165, 1.54) is 0 Å². The summed E-state index contributed by atoms with van der Waals surface area (Å²) in [6.45, 7) is 0. The first-order valence-corrected chi connectivity index (χ1v) is 4.12. The molecule has 0 spiro atoms. The van der Waals surface area contributed by atoms with Gasteiger partial charge in [0.1, 0.15) is 11.2 Å². The smallest absolute Gasteiger partial charge is 0.151 e. The quantitative estimate of drug-likeness (QED) is 0.599. The number of aromatic nitrogens is 2. The van der Waals surface area contributed by atoms with Gasteiger partial charge in [0.05, 0.1) is 5.52 Å². The van der Waals surface area contributed by atoms with E-state index in [0.29, 0.717) is 10.8 Å². The molecule has 64 valence electrons. The van der Waals surface area contributed by atoms with E-state index in [1.54, 1.807) is 6.07 Å². The van der Waals surface area contributed by atoms with E-state index < -0.39 is 0 Å². The van der Waals surface area contributed by atoms with Crippen molar-refractivity contribution in [3.63, 3.8) is 0 Å². The van der Waals surface area contributed by atoms with Crippen molar-refractivity contribution < 1.29 is 0 Å². The molecule has 0 bridgehead atoms. The molecule has 0 saturated heterocycles. The van der Waals surface area contributed by atoms with Crippen LogP contribution in [-0.2, 0) is 7.05 Å². The maximum atomic E-state index is 8.79. The van der Waals surface area contributed by atoms with Crippen LogP contribution < -0.4 is 0 Å². The lowest BCUT2D eigenvalue weighted by atomic mass is 10.2. The maximum absolute atomic E-state index is 8.79. The Kier molecular flexibility index (Phi) is 1.71. The molecule has 0 saturated carbocycles. The average molecular weight is 192 g/mol. The predicted molar refractivity (Wildman–Crippen MR) is 50.4 cm³/mol. The number of aryl methyl sites for hydroxylation is 1. The predicted octanol–water partition coefficient (Wildman–Crippen LogP) is 2.10. The highest BCUT2D eigenvalue weighted by Gasteiger charge is 2.06. The molecule has 0 radical (unpaired) electrons. The molecule has 0 fully saturated rings. The van der Waals surface area contributed by atoms with Crippen LogP contribution in [0.4, 0.5) is 0 Å². The summed E-state index contributed by atoms with van der Waals surface area (Å²) < 4.78 is 1.91. The fraction of sp³-hybridized carbons (Fsp3) is 0.111. The number of nitriles is 1. The van der Waals surface area contributed by atoms with Crippen molar-refractivity contribution >= 4 is 22.5 Å². The summed E-state index contributed by atoms with van der Waals surface area (Å²) in [6.07, 6.45) is 1.88. The van der Waals surface area contributed by atoms with Gasteiger partial charge in [0.15, 0.2) is 5.69 Å². The van der Waals surface area contributed by atoms with Crippen molar-refractivity contribution in [3.05, 3.63) is 29.2 Å². The number of nitrogens with zero attached hydrogens (tertiary/aromatic N) is 3. The van der Waals surface area contributed by atoms with E-state index >= 15 is 0 Å². The lowest BCUT2D eigenvalue weighted by Gasteiger charge is -1.97. The lowest BCUT2D eigenvalue weighted by molar-refractivity contribution is 0.968. The molecule has 0 aliphatic heterocycles. The molecule has 2 aromatic heterocycles. The van der Waals surface area contributed by atoms with Crippen molar-refractivity contribution in [3.8, 4) is 6.07 Å². The largest absolute Gasteiger partial charge is 0.350 e. The van der Waals surface area contributed by atoms with Gasteiger partial charge in [-0.25, -0.2) is 4.98 Å². The molecule has 0 N–H and O–H groups in total. The molecule has 0 aromatic carbocycles. The molecule has 4 heteroatoms. The maximum Gasteiger partial charge on any atom is 0.151 e. The fourth-order valence-electron chi connectivity index (χ4n) is 1.32. The standard InChI is InChI=1S/C9H6ClN3/c1-13-3-2-6-7(5-11)12-9(10)4-8(6)13/h2-4H,1H3. The highest BCUT2D eigenvalue weighted by molar-refractivity contribution is 6.30. The normalized spacial score (nSPS) is 10.2. The van der Waals surface area contributed by atoms with Crippen LogP contribution in [-0.4, -0.2) is 9.55 Å². The van der Waals surface area contributed by atoms with Gasteiger partial charge in [-0.3, -0.25) is 0 Å². The third kappa shape index (κ3) is 1.16. The second-order valence-electron chi connectivity index (χ2n) is 2.76. The number of pyridine rings is 1. The Balaban J connectivity index is 2.94. The Bertz CT molecular complexity index is 507. The van der Waals surface area contributed by atoms with E-state index in [2.05, 4.69) is 4.98 Å². The van der Waals surface area contributed by atoms with E-state index in [-0.39, 0.29) is 0 Å². The van der Waals surface area contributed by atoms with E-state index in [4.69, 9.17) is 16.9 Å². The van der Waals surface area contributed by atoms with Gasteiger partial charge < -0.3 is 4.57 Å². The Morgan fingerprint density at radius 2 is 2.38 bits per heavy atom. The number of fused-ring (bicyclic) bond motifs is 1. The molecule has 0 aliphatic carbocycles. The number of hydrogen-bond acceptors (Lipinski definition) is 2. The van der Waals surface area contributed by atoms with Gasteiger partial charge in [-0.15, -0.1) is 0 Å². The van der Waals surface area contributed by atoms with Crippen LogP contribution >= 0.6 is 11.6 Å². The summed E-state index contributed by atoms with van der Waals surface area (Å²) in [5, 5.41) is 9.98. The minimum absolute atomic E-state index is 0.353. The molecule has 2 aromatic rings. The molecule has 3 nitrogen and oxygen atoms in total. The van der Waals surface area contributed by atoms with Gasteiger partial charge in [0, 0.05) is 18.6 Å². The molecule has 0 atom stereocenters. The van der Waals surface area contributed by atoms with Crippen molar-refractivity contribution in [2.24, 2.45) is 7.05 Å². The van der Waals surface area contributed by atoms with Crippen molar-refractivity contribution in [2.45, 2.75) is 0 Å². The van der Waals surface area contributed by atoms with E-state index in [0.717, 1.165) is 10.9 Å². The second kappa shape index (κ2) is 2.75. The SMILES string of the molecule is Cn1ccc2c(C#N)nc(Cl)cc21. The van der Waals surface area contributed by atoms with E-state index in [1.807, 2.05) is 29.9 Å². The summed E-state index contributed by atoms with van der Waals surface area (Å²) in [5.74, 6) is 0. The molecule has 2 rings (SSSR count). The number of rotatable bonds is 0. The van der Waals surface area contributed by atoms with Gasteiger partial charge in [0.25, 0.3) is 0 Å². The van der Waals surface area contributed by atoms with Gasteiger partial charge >= 0.3 is 0 Å². The summed E-state index contributed by atoms with van der Waals surface area (Å²) in [6, 6.07) is 5.62. The summed E-state index contributed by atoms with van der Waals surface area (Å²) in [7, 11) is 1.90. The third-order valence-electron chi connectivity index (χ3n) is 1.96. The molecule has 0 amide bonds. The van der Waals surface area contributed by atoms with Crippen LogP contribution in [0.1, 0.15) is 5.69 Å². The fourth-order valence-corrected chi connectivity index (χ4v) is 1.51. The Morgan fingerprint density at radius 3 is 3.08 bits per heavy atom. The number of hydrogen-bond donors (Lipinski definition) is 0. The highest BCUT2D eigenvalue weighted by Crippen LogP contribution is 2.20. The monoisotopic (exact) mass is 191 g/mol. The van der Waals surface area contributed by atoms with E-state index in [9.17, 15) is 0 Å². The zero-order valence-corrected chi connectivity index (χ0v) is 7.71. The molecule has 0 unspecified atom stereocenters. The first-order valence-electron chi connectivity index (χ1n) is 3.74. The third-order valence-corrected chi connectivity index (χ3v) is 2.15. The van der Waals surface area contributed by atoms with Gasteiger partial charge in [-0.1, -0.05) is 11.6 Å². The summed E-state index contributed by atoms with van der Waals surface area (Å²) in [4.78, 5) is 3.92. The van der Waals surface area contributed by atoms with Gasteiger partial charge in [0.2, 0.25) is 0 Å². The minimum atomic E-state index is 0.353. The van der Waals surface area contributed by atoms with Crippen LogP contribution in [0.15, 0.2) is 18.3 Å².